The third kappa shape index (κ3) is 2.25. The fraction of sp³-hybridized carbons (Fsp3) is 0.0909. The van der Waals surface area contributed by atoms with E-state index in [1.165, 1.54) is 6.07 Å². The predicted octanol–water partition coefficient (Wildman–Crippen LogP) is 1.70. The maximum atomic E-state index is 13.7. The number of hydrogen-bond donors (Lipinski definition) is 1. The summed E-state index contributed by atoms with van der Waals surface area (Å²) in [7, 11) is 0. The zero-order valence-corrected chi connectivity index (χ0v) is 9.25. The second-order valence-electron chi connectivity index (χ2n) is 3.41. The van der Waals surface area contributed by atoms with E-state index >= 15 is 0 Å². The average Bonchev–Trinajstić information content (AvgIpc) is 2.73. The van der Waals surface area contributed by atoms with Gasteiger partial charge in [-0.1, -0.05) is 24.4 Å². The van der Waals surface area contributed by atoms with Gasteiger partial charge in [-0.2, -0.15) is 0 Å². The third-order valence-electron chi connectivity index (χ3n) is 2.25. The summed E-state index contributed by atoms with van der Waals surface area (Å²) in [5, 5.41) is 0. The smallest absolute Gasteiger partial charge is 0.128 e. The SMILES string of the molecule is NC(=S)c1ccc(Cn2ccnc2)c(F)c1. The Balaban J connectivity index is 2.26. The summed E-state index contributed by atoms with van der Waals surface area (Å²) >= 11 is 4.78. The molecule has 1 aromatic heterocycles. The van der Waals surface area contributed by atoms with E-state index in [0.717, 1.165) is 0 Å². The highest BCUT2D eigenvalue weighted by Crippen LogP contribution is 2.12. The first-order valence-electron chi connectivity index (χ1n) is 4.71. The quantitative estimate of drug-likeness (QED) is 0.824. The van der Waals surface area contributed by atoms with Crippen molar-refractivity contribution in [1.29, 1.82) is 0 Å². The number of halogens is 1. The molecule has 2 N–H and O–H groups in total. The topological polar surface area (TPSA) is 43.8 Å². The summed E-state index contributed by atoms with van der Waals surface area (Å²) in [4.78, 5) is 4.10. The Morgan fingerprint density at radius 3 is 2.88 bits per heavy atom. The minimum atomic E-state index is -0.306. The molecule has 0 atom stereocenters. The fourth-order valence-corrected chi connectivity index (χ4v) is 1.53. The van der Waals surface area contributed by atoms with Gasteiger partial charge in [0.15, 0.2) is 0 Å². The molecule has 0 aliphatic carbocycles. The van der Waals surface area contributed by atoms with Crippen LogP contribution in [-0.4, -0.2) is 14.5 Å². The zero-order chi connectivity index (χ0) is 11.5. The van der Waals surface area contributed by atoms with E-state index in [4.69, 9.17) is 18.0 Å². The van der Waals surface area contributed by atoms with Gasteiger partial charge in [-0.15, -0.1) is 0 Å². The van der Waals surface area contributed by atoms with E-state index in [1.807, 2.05) is 0 Å². The van der Waals surface area contributed by atoms with E-state index in [2.05, 4.69) is 4.98 Å². The van der Waals surface area contributed by atoms with Gasteiger partial charge < -0.3 is 10.3 Å². The second-order valence-corrected chi connectivity index (χ2v) is 3.85. The molecule has 2 aromatic rings. The molecule has 0 saturated heterocycles. The van der Waals surface area contributed by atoms with E-state index in [1.54, 1.807) is 35.4 Å². The zero-order valence-electron chi connectivity index (χ0n) is 8.43. The first-order valence-corrected chi connectivity index (χ1v) is 5.11. The molecule has 0 radical (unpaired) electrons. The number of nitrogens with zero attached hydrogens (tertiary/aromatic N) is 2. The molecule has 82 valence electrons. The molecule has 0 aliphatic heterocycles. The van der Waals surface area contributed by atoms with Gasteiger partial charge >= 0.3 is 0 Å². The lowest BCUT2D eigenvalue weighted by molar-refractivity contribution is 0.599. The van der Waals surface area contributed by atoms with Crippen LogP contribution in [0.4, 0.5) is 4.39 Å². The standard InChI is InChI=1S/C11H10FN3S/c12-10-5-8(11(13)16)1-2-9(10)6-15-4-3-14-7-15/h1-5,7H,6H2,(H2,13,16). The molecule has 16 heavy (non-hydrogen) atoms. The molecule has 5 heteroatoms. The fourth-order valence-electron chi connectivity index (χ4n) is 1.41. The van der Waals surface area contributed by atoms with Gasteiger partial charge in [0.2, 0.25) is 0 Å². The van der Waals surface area contributed by atoms with Crippen LogP contribution in [0.25, 0.3) is 0 Å². The lowest BCUT2D eigenvalue weighted by Crippen LogP contribution is -2.10. The summed E-state index contributed by atoms with van der Waals surface area (Å²) in [6.45, 7) is 0.448. The Bertz CT molecular complexity index is 508. The number of thiocarbonyl (C=S) groups is 1. The van der Waals surface area contributed by atoms with Gasteiger partial charge in [0, 0.05) is 23.5 Å². The Labute approximate surface area is 97.7 Å². The Morgan fingerprint density at radius 1 is 1.50 bits per heavy atom. The van der Waals surface area contributed by atoms with Crippen LogP contribution in [-0.2, 0) is 6.54 Å². The number of benzene rings is 1. The molecule has 0 unspecified atom stereocenters. The molecule has 0 amide bonds. The molecule has 1 aromatic carbocycles. The summed E-state index contributed by atoms with van der Waals surface area (Å²) in [5.74, 6) is -0.306. The lowest BCUT2D eigenvalue weighted by Gasteiger charge is -2.06. The molecule has 1 heterocycles. The number of imidazole rings is 1. The van der Waals surface area contributed by atoms with Crippen molar-refractivity contribution in [3.8, 4) is 0 Å². The van der Waals surface area contributed by atoms with Crippen LogP contribution in [0.3, 0.4) is 0 Å². The van der Waals surface area contributed by atoms with Crippen LogP contribution in [0.15, 0.2) is 36.9 Å². The molecular weight excluding hydrogens is 225 g/mol. The summed E-state index contributed by atoms with van der Waals surface area (Å²) < 4.78 is 15.4. The summed E-state index contributed by atoms with van der Waals surface area (Å²) in [6, 6.07) is 4.76. The number of aromatic nitrogens is 2. The van der Waals surface area contributed by atoms with Crippen LogP contribution in [0.2, 0.25) is 0 Å². The Hall–Kier alpha value is -1.75. The van der Waals surface area contributed by atoms with Crippen molar-refractivity contribution in [2.75, 3.05) is 0 Å². The van der Waals surface area contributed by atoms with Crippen molar-refractivity contribution >= 4 is 17.2 Å². The maximum Gasteiger partial charge on any atom is 0.128 e. The van der Waals surface area contributed by atoms with Crippen molar-refractivity contribution in [1.82, 2.24) is 9.55 Å². The second kappa shape index (κ2) is 4.40. The number of hydrogen-bond acceptors (Lipinski definition) is 2. The normalized spacial score (nSPS) is 10.3. The van der Waals surface area contributed by atoms with Gasteiger partial charge in [-0.3, -0.25) is 0 Å². The first kappa shape index (κ1) is 10.8. The Kier molecular flexibility index (Phi) is 2.96. The molecule has 0 aliphatic rings. The highest BCUT2D eigenvalue weighted by atomic mass is 32.1. The molecule has 0 spiro atoms. The van der Waals surface area contributed by atoms with Gasteiger partial charge in [-0.25, -0.2) is 9.37 Å². The molecular formula is C11H10FN3S. The van der Waals surface area contributed by atoms with Crippen molar-refractivity contribution in [2.24, 2.45) is 5.73 Å². The molecule has 0 bridgehead atoms. The minimum absolute atomic E-state index is 0.202. The van der Waals surface area contributed by atoms with Crippen molar-refractivity contribution < 1.29 is 4.39 Å². The Morgan fingerprint density at radius 2 is 2.31 bits per heavy atom. The van der Waals surface area contributed by atoms with E-state index < -0.39 is 0 Å². The molecule has 0 saturated carbocycles. The van der Waals surface area contributed by atoms with Crippen LogP contribution >= 0.6 is 12.2 Å². The van der Waals surface area contributed by atoms with Gasteiger partial charge in [0.1, 0.15) is 10.8 Å². The van der Waals surface area contributed by atoms with E-state index in [-0.39, 0.29) is 10.8 Å². The van der Waals surface area contributed by atoms with Crippen LogP contribution in [0.5, 0.6) is 0 Å². The van der Waals surface area contributed by atoms with E-state index in [0.29, 0.717) is 17.7 Å². The lowest BCUT2D eigenvalue weighted by atomic mass is 10.1. The van der Waals surface area contributed by atoms with Crippen LogP contribution in [0, 0.1) is 5.82 Å². The third-order valence-corrected chi connectivity index (χ3v) is 2.49. The number of nitrogens with two attached hydrogens (primary N) is 1. The van der Waals surface area contributed by atoms with Gasteiger partial charge in [-0.05, 0) is 6.07 Å². The highest BCUT2D eigenvalue weighted by Gasteiger charge is 2.05. The van der Waals surface area contributed by atoms with Gasteiger partial charge in [0.05, 0.1) is 12.9 Å². The largest absolute Gasteiger partial charge is 0.389 e. The highest BCUT2D eigenvalue weighted by molar-refractivity contribution is 7.80. The van der Waals surface area contributed by atoms with E-state index in [9.17, 15) is 4.39 Å². The average molecular weight is 235 g/mol. The van der Waals surface area contributed by atoms with Gasteiger partial charge in [0.25, 0.3) is 0 Å². The predicted molar refractivity (Wildman–Crippen MR) is 63.6 cm³/mol. The minimum Gasteiger partial charge on any atom is -0.389 e. The van der Waals surface area contributed by atoms with Crippen LogP contribution < -0.4 is 5.73 Å². The first-order chi connectivity index (χ1) is 7.66. The number of rotatable bonds is 3. The van der Waals surface area contributed by atoms with Crippen molar-refractivity contribution in [2.45, 2.75) is 6.54 Å². The van der Waals surface area contributed by atoms with Crippen LogP contribution in [0.1, 0.15) is 11.1 Å². The summed E-state index contributed by atoms with van der Waals surface area (Å²) in [6.07, 6.45) is 5.07. The van der Waals surface area contributed by atoms with Crippen molar-refractivity contribution in [3.63, 3.8) is 0 Å². The molecule has 3 nitrogen and oxygen atoms in total. The van der Waals surface area contributed by atoms with Crippen molar-refractivity contribution in [3.05, 3.63) is 53.9 Å². The maximum absolute atomic E-state index is 13.7. The molecule has 0 fully saturated rings. The monoisotopic (exact) mass is 235 g/mol. The summed E-state index contributed by atoms with van der Waals surface area (Å²) in [5.41, 5.74) is 6.54. The molecule has 2 rings (SSSR count).